The second kappa shape index (κ2) is 14.5. The molecule has 1 N–H and O–H groups in total. The van der Waals surface area contributed by atoms with Crippen molar-refractivity contribution in [2.75, 3.05) is 26.2 Å². The van der Waals surface area contributed by atoms with E-state index in [9.17, 15) is 0 Å². The summed E-state index contributed by atoms with van der Waals surface area (Å²) in [5.41, 5.74) is 0. The summed E-state index contributed by atoms with van der Waals surface area (Å²) < 4.78 is 0. The normalized spacial score (nSPS) is 26.5. The summed E-state index contributed by atoms with van der Waals surface area (Å²) in [5.74, 6) is 1.99. The van der Waals surface area contributed by atoms with Crippen LogP contribution in [0.15, 0.2) is 0 Å². The van der Waals surface area contributed by atoms with E-state index in [1.54, 1.807) is 0 Å². The summed E-state index contributed by atoms with van der Waals surface area (Å²) in [6, 6.07) is 0.794. The molecule has 0 aromatic carbocycles. The zero-order valence-electron chi connectivity index (χ0n) is 16.5. The van der Waals surface area contributed by atoms with Crippen molar-refractivity contribution in [3.8, 4) is 0 Å². The van der Waals surface area contributed by atoms with Gasteiger partial charge in [-0.1, -0.05) is 60.8 Å². The Morgan fingerprint density at radius 3 is 1.82 bits per heavy atom. The topological polar surface area (TPSA) is 15.3 Å². The lowest BCUT2D eigenvalue weighted by Crippen LogP contribution is -2.44. The standard InChI is InChI=1S/C15H30N2.C3H8.C2H6/c1-3-16-15-8-10-17(11-9-15)12-14-6-4-13(2)5-7-14;1-3-2;1-2/h13-16H,3-12H2,1-2H3;3H2,1-2H3;1-2H3. The van der Waals surface area contributed by atoms with Crippen LogP contribution < -0.4 is 5.32 Å². The molecule has 0 aromatic heterocycles. The van der Waals surface area contributed by atoms with Crippen molar-refractivity contribution >= 4 is 0 Å². The highest BCUT2D eigenvalue weighted by atomic mass is 15.1. The molecule has 1 aliphatic heterocycles. The second-order valence-electron chi connectivity index (χ2n) is 6.97. The van der Waals surface area contributed by atoms with Crippen molar-refractivity contribution in [3.05, 3.63) is 0 Å². The number of piperidine rings is 1. The van der Waals surface area contributed by atoms with Crippen molar-refractivity contribution < 1.29 is 0 Å². The summed E-state index contributed by atoms with van der Waals surface area (Å²) in [4.78, 5) is 2.72. The molecule has 0 spiro atoms. The molecule has 0 unspecified atom stereocenters. The van der Waals surface area contributed by atoms with Crippen molar-refractivity contribution in [2.45, 2.75) is 92.5 Å². The minimum atomic E-state index is 0.794. The Kier molecular flexibility index (Phi) is 14.5. The van der Waals surface area contributed by atoms with Crippen LogP contribution in [0.2, 0.25) is 0 Å². The Morgan fingerprint density at radius 1 is 0.864 bits per heavy atom. The molecule has 0 bridgehead atoms. The fourth-order valence-corrected chi connectivity index (χ4v) is 3.49. The maximum Gasteiger partial charge on any atom is 0.00912 e. The Balaban J connectivity index is 0.000000789. The minimum absolute atomic E-state index is 0.794. The van der Waals surface area contributed by atoms with Gasteiger partial charge in [-0.05, 0) is 57.2 Å². The number of rotatable bonds is 4. The summed E-state index contributed by atoms with van der Waals surface area (Å²) >= 11 is 0. The highest BCUT2D eigenvalue weighted by Gasteiger charge is 2.23. The van der Waals surface area contributed by atoms with Gasteiger partial charge in [-0.25, -0.2) is 0 Å². The third kappa shape index (κ3) is 9.84. The highest BCUT2D eigenvalue weighted by Crippen LogP contribution is 2.29. The number of nitrogens with zero attached hydrogens (tertiary/aromatic N) is 1. The zero-order chi connectivity index (χ0) is 16.8. The number of hydrogen-bond donors (Lipinski definition) is 1. The van der Waals surface area contributed by atoms with Gasteiger partial charge >= 0.3 is 0 Å². The molecule has 1 saturated carbocycles. The predicted molar refractivity (Wildman–Crippen MR) is 102 cm³/mol. The molecule has 2 aliphatic rings. The molecule has 0 atom stereocenters. The first kappa shape index (κ1) is 21.9. The van der Waals surface area contributed by atoms with Crippen molar-refractivity contribution in [3.63, 3.8) is 0 Å². The molecular formula is C20H44N2. The van der Waals surface area contributed by atoms with Gasteiger partial charge in [-0.3, -0.25) is 0 Å². The van der Waals surface area contributed by atoms with Gasteiger partial charge < -0.3 is 10.2 Å². The first-order chi connectivity index (χ1) is 10.7. The Hall–Kier alpha value is -0.0800. The molecule has 2 heteroatoms. The number of likely N-dealkylation sites (tertiary alicyclic amines) is 1. The van der Waals surface area contributed by atoms with Crippen LogP contribution in [0, 0.1) is 11.8 Å². The largest absolute Gasteiger partial charge is 0.314 e. The van der Waals surface area contributed by atoms with Gasteiger partial charge in [-0.2, -0.15) is 0 Å². The Labute approximate surface area is 141 Å². The summed E-state index contributed by atoms with van der Waals surface area (Å²) in [6.45, 7) is 18.0. The molecule has 1 saturated heterocycles. The Bertz CT molecular complexity index is 214. The molecule has 2 nitrogen and oxygen atoms in total. The van der Waals surface area contributed by atoms with Gasteiger partial charge in [0.15, 0.2) is 0 Å². The fourth-order valence-electron chi connectivity index (χ4n) is 3.49. The molecule has 2 fully saturated rings. The van der Waals surface area contributed by atoms with Gasteiger partial charge in [0.05, 0.1) is 0 Å². The van der Waals surface area contributed by atoms with Gasteiger partial charge in [0.1, 0.15) is 0 Å². The highest BCUT2D eigenvalue weighted by molar-refractivity contribution is 4.79. The molecule has 0 aromatic rings. The predicted octanol–water partition coefficient (Wildman–Crippen LogP) is 5.33. The smallest absolute Gasteiger partial charge is 0.00912 e. The van der Waals surface area contributed by atoms with E-state index in [-0.39, 0.29) is 0 Å². The Morgan fingerprint density at radius 2 is 1.36 bits per heavy atom. The molecule has 22 heavy (non-hydrogen) atoms. The van der Waals surface area contributed by atoms with Crippen LogP contribution >= 0.6 is 0 Å². The van der Waals surface area contributed by atoms with E-state index >= 15 is 0 Å². The van der Waals surface area contributed by atoms with Crippen LogP contribution in [0.1, 0.15) is 86.5 Å². The van der Waals surface area contributed by atoms with Crippen molar-refractivity contribution in [1.82, 2.24) is 10.2 Å². The maximum absolute atomic E-state index is 3.59. The van der Waals surface area contributed by atoms with Crippen molar-refractivity contribution in [1.29, 1.82) is 0 Å². The number of hydrogen-bond acceptors (Lipinski definition) is 2. The van der Waals surface area contributed by atoms with E-state index in [0.717, 1.165) is 24.4 Å². The maximum atomic E-state index is 3.59. The van der Waals surface area contributed by atoms with E-state index in [0.29, 0.717) is 0 Å². The van der Waals surface area contributed by atoms with Crippen LogP contribution in [0.3, 0.4) is 0 Å². The van der Waals surface area contributed by atoms with Crippen LogP contribution in [0.4, 0.5) is 0 Å². The molecular weight excluding hydrogens is 268 g/mol. The quantitative estimate of drug-likeness (QED) is 0.755. The van der Waals surface area contributed by atoms with Gasteiger partial charge in [0, 0.05) is 12.6 Å². The molecule has 1 heterocycles. The monoisotopic (exact) mass is 312 g/mol. The van der Waals surface area contributed by atoms with E-state index < -0.39 is 0 Å². The average molecular weight is 313 g/mol. The van der Waals surface area contributed by atoms with E-state index in [1.165, 1.54) is 64.6 Å². The average Bonchev–Trinajstić information content (AvgIpc) is 2.54. The molecule has 2 rings (SSSR count). The summed E-state index contributed by atoms with van der Waals surface area (Å²) in [5, 5.41) is 3.59. The lowest BCUT2D eigenvalue weighted by atomic mass is 9.82. The zero-order valence-corrected chi connectivity index (χ0v) is 16.5. The van der Waals surface area contributed by atoms with Crippen LogP contribution in [0.25, 0.3) is 0 Å². The van der Waals surface area contributed by atoms with Crippen LogP contribution in [-0.2, 0) is 0 Å². The van der Waals surface area contributed by atoms with Gasteiger partial charge in [0.2, 0.25) is 0 Å². The lowest BCUT2D eigenvalue weighted by Gasteiger charge is -2.36. The van der Waals surface area contributed by atoms with Crippen LogP contribution in [-0.4, -0.2) is 37.1 Å². The summed E-state index contributed by atoms with van der Waals surface area (Å²) in [7, 11) is 0. The third-order valence-electron chi connectivity index (χ3n) is 4.73. The van der Waals surface area contributed by atoms with E-state index in [4.69, 9.17) is 0 Å². The van der Waals surface area contributed by atoms with E-state index in [1.807, 2.05) is 13.8 Å². The lowest BCUT2D eigenvalue weighted by molar-refractivity contribution is 0.147. The molecule has 0 amide bonds. The van der Waals surface area contributed by atoms with Gasteiger partial charge in [-0.15, -0.1) is 0 Å². The fraction of sp³-hybridized carbons (Fsp3) is 1.00. The van der Waals surface area contributed by atoms with E-state index in [2.05, 4.69) is 37.9 Å². The second-order valence-corrected chi connectivity index (χ2v) is 6.97. The molecule has 1 aliphatic carbocycles. The van der Waals surface area contributed by atoms with Crippen molar-refractivity contribution in [2.24, 2.45) is 11.8 Å². The van der Waals surface area contributed by atoms with Gasteiger partial charge in [0.25, 0.3) is 0 Å². The van der Waals surface area contributed by atoms with Crippen LogP contribution in [0.5, 0.6) is 0 Å². The molecule has 0 radical (unpaired) electrons. The molecule has 134 valence electrons. The first-order valence-electron chi connectivity index (χ1n) is 10.1. The minimum Gasteiger partial charge on any atom is -0.314 e. The summed E-state index contributed by atoms with van der Waals surface area (Å²) in [6.07, 6.45) is 9.87. The first-order valence-corrected chi connectivity index (χ1v) is 10.1. The number of nitrogens with one attached hydrogen (secondary N) is 1. The SMILES string of the molecule is CC.CCC.CCNC1CCN(CC2CCC(C)CC2)CC1. The third-order valence-corrected chi connectivity index (χ3v) is 4.73.